The Morgan fingerprint density at radius 2 is 1.38 bits per heavy atom. The van der Waals surface area contributed by atoms with Crippen LogP contribution in [0.25, 0.3) is 0 Å². The Hall–Kier alpha value is -3.71. The van der Waals surface area contributed by atoms with Crippen LogP contribution in [0.2, 0.25) is 0 Å². The average molecular weight is 524 g/mol. The molecule has 1 aromatic carbocycles. The number of aliphatic carboxylic acids is 1. The van der Waals surface area contributed by atoms with E-state index in [1.54, 1.807) is 0 Å². The van der Waals surface area contributed by atoms with Gasteiger partial charge in [0.1, 0.15) is 29.9 Å². The fourth-order valence-corrected chi connectivity index (χ4v) is 3.36. The molecule has 0 spiro atoms. The van der Waals surface area contributed by atoms with Crippen molar-refractivity contribution < 1.29 is 39.3 Å². The molecule has 0 radical (unpaired) electrons. The maximum atomic E-state index is 13.2. The van der Waals surface area contributed by atoms with Gasteiger partial charge in [0.15, 0.2) is 0 Å². The zero-order valence-corrected chi connectivity index (χ0v) is 21.1. The summed E-state index contributed by atoms with van der Waals surface area (Å²) in [5.41, 5.74) is 11.3. The molecule has 0 saturated carbocycles. The van der Waals surface area contributed by atoms with Gasteiger partial charge < -0.3 is 42.7 Å². The van der Waals surface area contributed by atoms with Crippen LogP contribution in [0.3, 0.4) is 0 Å². The molecule has 0 aliphatic heterocycles. The lowest BCUT2D eigenvalue weighted by molar-refractivity contribution is -0.142. The lowest BCUT2D eigenvalue weighted by atomic mass is 10.00. The quantitative estimate of drug-likeness (QED) is 0.133. The van der Waals surface area contributed by atoms with Crippen LogP contribution in [-0.4, -0.2) is 75.2 Å². The zero-order valence-electron chi connectivity index (χ0n) is 21.1. The molecule has 0 bridgehead atoms. The second-order valence-electron chi connectivity index (χ2n) is 9.29. The first kappa shape index (κ1) is 31.3. The summed E-state index contributed by atoms with van der Waals surface area (Å²) >= 11 is 0. The van der Waals surface area contributed by atoms with Crippen LogP contribution in [-0.2, 0) is 30.4 Å². The summed E-state index contributed by atoms with van der Waals surface area (Å²) in [5.74, 6) is -4.50. The molecule has 0 aromatic heterocycles. The van der Waals surface area contributed by atoms with Crippen molar-refractivity contribution >= 4 is 29.6 Å². The molecule has 13 heteroatoms. The Labute approximate surface area is 215 Å². The first-order valence-corrected chi connectivity index (χ1v) is 11.8. The van der Waals surface area contributed by atoms with Gasteiger partial charge in [0.2, 0.25) is 23.6 Å². The Kier molecular flexibility index (Phi) is 12.5. The number of carboxylic acids is 1. The molecule has 10 N–H and O–H groups in total. The highest BCUT2D eigenvalue weighted by atomic mass is 16.4. The number of hydrogen-bond acceptors (Lipinski definition) is 8. The van der Waals surface area contributed by atoms with Crippen LogP contribution in [0.5, 0.6) is 5.75 Å². The standard InChI is InChI=1S/C24H37N5O8/c1-12(2)10-17(29-23(35)20(26)13(3)30)21(33)28-18(11-14-4-6-15(31)7-5-14)22(34)27-16(24(36)37)8-9-19(25)32/h4-7,12-13,16-18,20,30-31H,8-11,26H2,1-3H3,(H2,25,32)(H,27,34)(H,28,33)(H,29,35)(H,36,37). The summed E-state index contributed by atoms with van der Waals surface area (Å²) < 4.78 is 0. The molecular weight excluding hydrogens is 486 g/mol. The summed E-state index contributed by atoms with van der Waals surface area (Å²) in [4.78, 5) is 61.3. The lowest BCUT2D eigenvalue weighted by Crippen LogP contribution is -2.58. The van der Waals surface area contributed by atoms with Gasteiger partial charge in [0.25, 0.3) is 0 Å². The number of rotatable bonds is 15. The minimum atomic E-state index is -1.44. The first-order chi connectivity index (χ1) is 17.2. The van der Waals surface area contributed by atoms with E-state index in [-0.39, 0.29) is 37.4 Å². The highest BCUT2D eigenvalue weighted by Gasteiger charge is 2.31. The normalized spacial score (nSPS) is 15.1. The highest BCUT2D eigenvalue weighted by molar-refractivity contribution is 5.94. The van der Waals surface area contributed by atoms with Crippen molar-refractivity contribution in [2.24, 2.45) is 17.4 Å². The minimum absolute atomic E-state index is 0.0136. The number of carbonyl (C=O) groups is 5. The Morgan fingerprint density at radius 1 is 0.865 bits per heavy atom. The van der Waals surface area contributed by atoms with E-state index < -0.39 is 59.9 Å². The van der Waals surface area contributed by atoms with Crippen molar-refractivity contribution in [1.82, 2.24) is 16.0 Å². The van der Waals surface area contributed by atoms with Crippen molar-refractivity contribution in [2.75, 3.05) is 0 Å². The van der Waals surface area contributed by atoms with Crippen LogP contribution in [0, 0.1) is 5.92 Å². The van der Waals surface area contributed by atoms with E-state index >= 15 is 0 Å². The predicted molar refractivity (Wildman–Crippen MR) is 133 cm³/mol. The highest BCUT2D eigenvalue weighted by Crippen LogP contribution is 2.13. The monoisotopic (exact) mass is 523 g/mol. The van der Waals surface area contributed by atoms with Gasteiger partial charge in [0.05, 0.1) is 6.10 Å². The molecule has 4 amide bonds. The summed E-state index contributed by atoms with van der Waals surface area (Å²) in [6, 6.07) is 0.741. The van der Waals surface area contributed by atoms with Crippen molar-refractivity contribution in [3.63, 3.8) is 0 Å². The number of primary amides is 1. The minimum Gasteiger partial charge on any atom is -0.508 e. The van der Waals surface area contributed by atoms with Crippen LogP contribution < -0.4 is 27.4 Å². The third kappa shape index (κ3) is 11.3. The predicted octanol–water partition coefficient (Wildman–Crippen LogP) is -1.51. The molecule has 1 aromatic rings. The number of benzene rings is 1. The second-order valence-corrected chi connectivity index (χ2v) is 9.29. The van der Waals surface area contributed by atoms with E-state index in [0.717, 1.165) is 0 Å². The third-order valence-electron chi connectivity index (χ3n) is 5.47. The summed E-state index contributed by atoms with van der Waals surface area (Å²) in [6.45, 7) is 4.96. The van der Waals surface area contributed by atoms with E-state index in [9.17, 15) is 39.3 Å². The van der Waals surface area contributed by atoms with E-state index in [2.05, 4.69) is 16.0 Å². The van der Waals surface area contributed by atoms with Crippen molar-refractivity contribution in [2.45, 2.75) is 76.7 Å². The molecule has 1 rings (SSSR count). The first-order valence-electron chi connectivity index (χ1n) is 11.8. The molecule has 5 atom stereocenters. The van der Waals surface area contributed by atoms with E-state index in [1.165, 1.54) is 31.2 Å². The van der Waals surface area contributed by atoms with Gasteiger partial charge in [-0.1, -0.05) is 26.0 Å². The van der Waals surface area contributed by atoms with Gasteiger partial charge >= 0.3 is 5.97 Å². The Morgan fingerprint density at radius 3 is 1.86 bits per heavy atom. The number of phenolic OH excluding ortho intramolecular Hbond substituents is 1. The lowest BCUT2D eigenvalue weighted by Gasteiger charge is -2.26. The number of aromatic hydroxyl groups is 1. The number of aliphatic hydroxyl groups excluding tert-OH is 1. The molecule has 13 nitrogen and oxygen atoms in total. The van der Waals surface area contributed by atoms with Gasteiger partial charge in [-0.15, -0.1) is 0 Å². The number of carbonyl (C=O) groups excluding carboxylic acids is 4. The molecule has 0 fully saturated rings. The van der Waals surface area contributed by atoms with Crippen molar-refractivity contribution in [3.8, 4) is 5.75 Å². The fourth-order valence-electron chi connectivity index (χ4n) is 3.36. The van der Waals surface area contributed by atoms with Crippen molar-refractivity contribution in [1.29, 1.82) is 0 Å². The number of hydrogen-bond donors (Lipinski definition) is 8. The molecule has 0 aliphatic carbocycles. The van der Waals surface area contributed by atoms with Gasteiger partial charge in [-0.2, -0.15) is 0 Å². The number of aliphatic hydroxyl groups is 1. The maximum absolute atomic E-state index is 13.2. The van der Waals surface area contributed by atoms with Crippen molar-refractivity contribution in [3.05, 3.63) is 29.8 Å². The molecular formula is C24H37N5O8. The number of phenols is 1. The molecule has 0 aliphatic rings. The van der Waals surface area contributed by atoms with E-state index in [0.29, 0.717) is 5.56 Å². The molecule has 5 unspecified atom stereocenters. The summed E-state index contributed by atoms with van der Waals surface area (Å²) in [7, 11) is 0. The smallest absolute Gasteiger partial charge is 0.326 e. The molecule has 0 saturated heterocycles. The number of amides is 4. The molecule has 37 heavy (non-hydrogen) atoms. The maximum Gasteiger partial charge on any atom is 0.326 e. The van der Waals surface area contributed by atoms with Gasteiger partial charge in [-0.05, 0) is 43.4 Å². The van der Waals surface area contributed by atoms with E-state index in [1.807, 2.05) is 13.8 Å². The van der Waals surface area contributed by atoms with Gasteiger partial charge in [-0.3, -0.25) is 19.2 Å². The van der Waals surface area contributed by atoms with Crippen LogP contribution in [0.4, 0.5) is 0 Å². The number of carboxylic acid groups (broad SMARTS) is 1. The van der Waals surface area contributed by atoms with E-state index in [4.69, 9.17) is 11.5 Å². The second kappa shape index (κ2) is 14.8. The van der Waals surface area contributed by atoms with Crippen LogP contribution in [0.15, 0.2) is 24.3 Å². The SMILES string of the molecule is CC(C)CC(NC(=O)C(N)C(C)O)C(=O)NC(Cc1ccc(O)cc1)C(=O)NC(CCC(N)=O)C(=O)O. The van der Waals surface area contributed by atoms with Gasteiger partial charge in [0, 0.05) is 12.8 Å². The van der Waals surface area contributed by atoms with Crippen LogP contribution >= 0.6 is 0 Å². The average Bonchev–Trinajstić information content (AvgIpc) is 2.80. The summed E-state index contributed by atoms with van der Waals surface area (Å²) in [5, 5.41) is 35.9. The molecule has 206 valence electrons. The van der Waals surface area contributed by atoms with Crippen LogP contribution in [0.1, 0.15) is 45.6 Å². The molecule has 0 heterocycles. The number of nitrogens with two attached hydrogens (primary N) is 2. The topological polar surface area (TPSA) is 234 Å². The Bertz CT molecular complexity index is 951. The zero-order chi connectivity index (χ0) is 28.3. The summed E-state index contributed by atoms with van der Waals surface area (Å²) in [6.07, 6.45) is -1.58. The Balaban J connectivity index is 3.17. The number of nitrogens with one attached hydrogen (secondary N) is 3. The largest absolute Gasteiger partial charge is 0.508 e. The third-order valence-corrected chi connectivity index (χ3v) is 5.47. The fraction of sp³-hybridized carbons (Fsp3) is 0.542. The van der Waals surface area contributed by atoms with Gasteiger partial charge in [-0.25, -0.2) is 4.79 Å².